The molecule has 2 heterocycles. The Morgan fingerprint density at radius 3 is 2.20 bits per heavy atom. The fourth-order valence-corrected chi connectivity index (χ4v) is 2.50. The summed E-state index contributed by atoms with van der Waals surface area (Å²) in [7, 11) is 0. The van der Waals surface area contributed by atoms with Crippen molar-refractivity contribution in [2.24, 2.45) is 5.92 Å². The molecule has 0 atom stereocenters. The van der Waals surface area contributed by atoms with Gasteiger partial charge < -0.3 is 5.32 Å². The van der Waals surface area contributed by atoms with Gasteiger partial charge in [-0.1, -0.05) is 26.0 Å². The van der Waals surface area contributed by atoms with Gasteiger partial charge in [0.15, 0.2) is 5.78 Å². The van der Waals surface area contributed by atoms with Gasteiger partial charge in [0, 0.05) is 36.0 Å². The van der Waals surface area contributed by atoms with E-state index in [-0.39, 0.29) is 5.78 Å². The minimum atomic E-state index is -0.119. The summed E-state index contributed by atoms with van der Waals surface area (Å²) in [6, 6.07) is 11.6. The van der Waals surface area contributed by atoms with Crippen LogP contribution in [0.1, 0.15) is 35.3 Å². The van der Waals surface area contributed by atoms with Gasteiger partial charge in [0.1, 0.15) is 0 Å². The van der Waals surface area contributed by atoms with E-state index in [0.29, 0.717) is 23.0 Å². The van der Waals surface area contributed by atoms with Crippen LogP contribution < -0.4 is 5.32 Å². The molecule has 3 rings (SSSR count). The van der Waals surface area contributed by atoms with E-state index in [4.69, 9.17) is 0 Å². The molecule has 0 spiro atoms. The zero-order valence-electron chi connectivity index (χ0n) is 14.3. The Bertz CT molecular complexity index is 828. The van der Waals surface area contributed by atoms with Crippen LogP contribution >= 0.6 is 0 Å². The molecule has 1 aromatic carbocycles. The molecule has 25 heavy (non-hydrogen) atoms. The monoisotopic (exact) mass is 332 g/mol. The molecule has 0 aliphatic rings. The average Bonchev–Trinajstić information content (AvgIpc) is 2.64. The lowest BCUT2D eigenvalue weighted by Gasteiger charge is -2.08. The first-order chi connectivity index (χ1) is 12.1. The topological polar surface area (TPSA) is 67.8 Å². The van der Waals surface area contributed by atoms with Crippen LogP contribution in [0.4, 0.5) is 11.6 Å². The lowest BCUT2D eigenvalue weighted by Crippen LogP contribution is -2.04. The maximum absolute atomic E-state index is 12.3. The molecule has 0 unspecified atom stereocenters. The number of ketones is 1. The van der Waals surface area contributed by atoms with Crippen LogP contribution in [0.2, 0.25) is 0 Å². The molecule has 0 bridgehead atoms. The minimum Gasteiger partial charge on any atom is -0.324 e. The number of pyridine rings is 1. The first-order valence-corrected chi connectivity index (χ1v) is 8.24. The summed E-state index contributed by atoms with van der Waals surface area (Å²) in [6.45, 7) is 4.41. The van der Waals surface area contributed by atoms with Crippen molar-refractivity contribution >= 4 is 17.4 Å². The highest BCUT2D eigenvalue weighted by Crippen LogP contribution is 2.16. The summed E-state index contributed by atoms with van der Waals surface area (Å²) in [5.41, 5.74) is 3.24. The third-order valence-electron chi connectivity index (χ3n) is 3.71. The van der Waals surface area contributed by atoms with Crippen molar-refractivity contribution in [1.82, 2.24) is 15.0 Å². The number of anilines is 2. The molecule has 0 amide bonds. The highest BCUT2D eigenvalue weighted by Gasteiger charge is 2.10. The number of hydrogen-bond donors (Lipinski definition) is 1. The zero-order chi connectivity index (χ0) is 17.6. The molecule has 5 heteroatoms. The van der Waals surface area contributed by atoms with Gasteiger partial charge in [0.25, 0.3) is 0 Å². The van der Waals surface area contributed by atoms with Crippen LogP contribution in [-0.2, 0) is 6.42 Å². The van der Waals surface area contributed by atoms with Gasteiger partial charge in [0.2, 0.25) is 5.95 Å². The molecule has 0 aliphatic heterocycles. The number of nitrogens with one attached hydrogen (secondary N) is 1. The van der Waals surface area contributed by atoms with Crippen LogP contribution in [0.15, 0.2) is 61.2 Å². The SMILES string of the molecule is CC(C)Cc1ccc(Nc2ncc(C(=O)c3ccncc3)cn2)cc1. The molecular weight excluding hydrogens is 312 g/mol. The van der Waals surface area contributed by atoms with E-state index in [1.807, 2.05) is 12.1 Å². The normalized spacial score (nSPS) is 10.7. The van der Waals surface area contributed by atoms with Crippen molar-refractivity contribution in [3.8, 4) is 0 Å². The quantitative estimate of drug-likeness (QED) is 0.690. The van der Waals surface area contributed by atoms with E-state index < -0.39 is 0 Å². The van der Waals surface area contributed by atoms with E-state index in [1.54, 1.807) is 24.5 Å². The standard InChI is InChI=1S/C20H20N4O/c1-14(2)11-15-3-5-18(6-4-15)24-20-22-12-17(13-23-20)19(25)16-7-9-21-10-8-16/h3-10,12-14H,11H2,1-2H3,(H,22,23,24). The summed E-state index contributed by atoms with van der Waals surface area (Å²) in [6.07, 6.45) is 7.30. The fourth-order valence-electron chi connectivity index (χ4n) is 2.50. The minimum absolute atomic E-state index is 0.119. The Morgan fingerprint density at radius 1 is 0.960 bits per heavy atom. The molecule has 126 valence electrons. The van der Waals surface area contributed by atoms with E-state index in [0.717, 1.165) is 12.1 Å². The van der Waals surface area contributed by atoms with E-state index in [1.165, 1.54) is 18.0 Å². The Kier molecular flexibility index (Phi) is 5.14. The van der Waals surface area contributed by atoms with Crippen molar-refractivity contribution < 1.29 is 4.79 Å². The summed E-state index contributed by atoms with van der Waals surface area (Å²) >= 11 is 0. The number of carbonyl (C=O) groups is 1. The summed E-state index contributed by atoms with van der Waals surface area (Å²) in [4.78, 5) is 24.7. The van der Waals surface area contributed by atoms with E-state index >= 15 is 0 Å². The predicted molar refractivity (Wildman–Crippen MR) is 98.0 cm³/mol. The fraction of sp³-hybridized carbons (Fsp3) is 0.200. The molecule has 0 saturated heterocycles. The molecule has 0 saturated carbocycles. The van der Waals surface area contributed by atoms with Gasteiger partial charge in [-0.3, -0.25) is 9.78 Å². The molecule has 2 aromatic heterocycles. The molecule has 0 aliphatic carbocycles. The van der Waals surface area contributed by atoms with E-state index in [9.17, 15) is 4.79 Å². The molecule has 1 N–H and O–H groups in total. The summed E-state index contributed by atoms with van der Waals surface area (Å²) in [5, 5.41) is 3.15. The van der Waals surface area contributed by atoms with E-state index in [2.05, 4.69) is 46.2 Å². The average molecular weight is 332 g/mol. The number of rotatable bonds is 6. The van der Waals surface area contributed by atoms with Crippen molar-refractivity contribution in [1.29, 1.82) is 0 Å². The smallest absolute Gasteiger partial charge is 0.227 e. The number of aromatic nitrogens is 3. The largest absolute Gasteiger partial charge is 0.324 e. The molecule has 5 nitrogen and oxygen atoms in total. The second-order valence-corrected chi connectivity index (χ2v) is 6.28. The van der Waals surface area contributed by atoms with Crippen LogP contribution in [0.25, 0.3) is 0 Å². The van der Waals surface area contributed by atoms with Crippen molar-refractivity contribution in [2.45, 2.75) is 20.3 Å². The number of hydrogen-bond acceptors (Lipinski definition) is 5. The van der Waals surface area contributed by atoms with Gasteiger partial charge in [-0.2, -0.15) is 0 Å². The first kappa shape index (κ1) is 16.8. The van der Waals surface area contributed by atoms with Gasteiger partial charge >= 0.3 is 0 Å². The maximum atomic E-state index is 12.3. The van der Waals surface area contributed by atoms with Crippen molar-refractivity contribution in [3.63, 3.8) is 0 Å². The summed E-state index contributed by atoms with van der Waals surface area (Å²) in [5.74, 6) is 0.975. The van der Waals surface area contributed by atoms with Crippen LogP contribution in [0.5, 0.6) is 0 Å². The van der Waals surface area contributed by atoms with Crippen LogP contribution in [0.3, 0.4) is 0 Å². The second kappa shape index (κ2) is 7.66. The highest BCUT2D eigenvalue weighted by atomic mass is 16.1. The third-order valence-corrected chi connectivity index (χ3v) is 3.71. The maximum Gasteiger partial charge on any atom is 0.227 e. The van der Waals surface area contributed by atoms with Gasteiger partial charge in [-0.15, -0.1) is 0 Å². The Labute approximate surface area is 147 Å². The lowest BCUT2D eigenvalue weighted by molar-refractivity contribution is 0.103. The zero-order valence-corrected chi connectivity index (χ0v) is 14.3. The Hall–Kier alpha value is -3.08. The lowest BCUT2D eigenvalue weighted by atomic mass is 10.0. The Morgan fingerprint density at radius 2 is 1.60 bits per heavy atom. The van der Waals surface area contributed by atoms with Crippen LogP contribution in [0, 0.1) is 5.92 Å². The number of nitrogens with zero attached hydrogens (tertiary/aromatic N) is 3. The molecular formula is C20H20N4O. The van der Waals surface area contributed by atoms with Gasteiger partial charge in [-0.25, -0.2) is 9.97 Å². The number of benzene rings is 1. The molecule has 0 fully saturated rings. The highest BCUT2D eigenvalue weighted by molar-refractivity contribution is 6.08. The first-order valence-electron chi connectivity index (χ1n) is 8.24. The van der Waals surface area contributed by atoms with Gasteiger partial charge in [-0.05, 0) is 42.2 Å². The van der Waals surface area contributed by atoms with Crippen molar-refractivity contribution in [3.05, 3.63) is 77.9 Å². The van der Waals surface area contributed by atoms with Gasteiger partial charge in [0.05, 0.1) is 5.56 Å². The van der Waals surface area contributed by atoms with Crippen molar-refractivity contribution in [2.75, 3.05) is 5.32 Å². The summed E-state index contributed by atoms with van der Waals surface area (Å²) < 4.78 is 0. The Balaban J connectivity index is 1.67. The molecule has 3 aromatic rings. The third kappa shape index (κ3) is 4.47. The van der Waals surface area contributed by atoms with Crippen LogP contribution in [-0.4, -0.2) is 20.7 Å². The molecule has 0 radical (unpaired) electrons. The number of carbonyl (C=O) groups excluding carboxylic acids is 1. The second-order valence-electron chi connectivity index (χ2n) is 6.28. The predicted octanol–water partition coefficient (Wildman–Crippen LogP) is 4.04.